The summed E-state index contributed by atoms with van der Waals surface area (Å²) in [6.07, 6.45) is 3.80. The van der Waals surface area contributed by atoms with E-state index in [-0.39, 0.29) is 13.0 Å². The Kier molecular flexibility index (Phi) is 8.47. The standard InChI is InChI=1S/C21H34O3/c1-6-15(5)17-11-12-18(19(13-22)21(17)14(3)4)16(7-2)9-8-10-20(23)24/h11-12,14-16,22H,6-10,13H2,1-5H3,(H,23,24). The normalized spacial score (nSPS) is 14.0. The van der Waals surface area contributed by atoms with Crippen molar-refractivity contribution in [2.24, 2.45) is 0 Å². The van der Waals surface area contributed by atoms with Crippen LogP contribution in [0.15, 0.2) is 12.1 Å². The van der Waals surface area contributed by atoms with Crippen molar-refractivity contribution < 1.29 is 15.0 Å². The summed E-state index contributed by atoms with van der Waals surface area (Å²) < 4.78 is 0. The summed E-state index contributed by atoms with van der Waals surface area (Å²) in [5, 5.41) is 19.0. The molecule has 2 atom stereocenters. The van der Waals surface area contributed by atoms with Crippen LogP contribution < -0.4 is 0 Å². The topological polar surface area (TPSA) is 57.5 Å². The number of carboxylic acid groups (broad SMARTS) is 1. The van der Waals surface area contributed by atoms with Gasteiger partial charge >= 0.3 is 5.97 Å². The highest BCUT2D eigenvalue weighted by Crippen LogP contribution is 2.37. The van der Waals surface area contributed by atoms with E-state index in [0.717, 1.165) is 24.8 Å². The first-order valence-electron chi connectivity index (χ1n) is 9.35. The Labute approximate surface area is 147 Å². The van der Waals surface area contributed by atoms with Gasteiger partial charge in [-0.3, -0.25) is 4.79 Å². The SMILES string of the molecule is CCC(C)c1ccc(C(CC)CCCC(=O)O)c(CO)c1C(C)C. The van der Waals surface area contributed by atoms with E-state index in [4.69, 9.17) is 5.11 Å². The molecule has 0 aromatic heterocycles. The second-order valence-electron chi connectivity index (χ2n) is 7.15. The lowest BCUT2D eigenvalue weighted by atomic mass is 9.79. The van der Waals surface area contributed by atoms with E-state index in [1.165, 1.54) is 16.7 Å². The Morgan fingerprint density at radius 1 is 1.08 bits per heavy atom. The molecule has 0 aliphatic carbocycles. The highest BCUT2D eigenvalue weighted by molar-refractivity contribution is 5.66. The van der Waals surface area contributed by atoms with E-state index in [1.54, 1.807) is 0 Å². The Morgan fingerprint density at radius 3 is 2.17 bits per heavy atom. The van der Waals surface area contributed by atoms with Gasteiger partial charge in [0.15, 0.2) is 0 Å². The summed E-state index contributed by atoms with van der Waals surface area (Å²) in [6, 6.07) is 4.41. The molecule has 2 N–H and O–H groups in total. The van der Waals surface area contributed by atoms with Crippen LogP contribution in [0.2, 0.25) is 0 Å². The predicted molar refractivity (Wildman–Crippen MR) is 99.7 cm³/mol. The minimum atomic E-state index is -0.734. The van der Waals surface area contributed by atoms with Crippen LogP contribution >= 0.6 is 0 Å². The average molecular weight is 334 g/mol. The lowest BCUT2D eigenvalue weighted by Crippen LogP contribution is -2.11. The van der Waals surface area contributed by atoms with Crippen molar-refractivity contribution in [3.8, 4) is 0 Å². The number of aliphatic hydroxyl groups excluding tert-OH is 1. The quantitative estimate of drug-likeness (QED) is 0.588. The van der Waals surface area contributed by atoms with E-state index < -0.39 is 5.97 Å². The first-order valence-corrected chi connectivity index (χ1v) is 9.35. The molecule has 2 unspecified atom stereocenters. The van der Waals surface area contributed by atoms with Gasteiger partial charge in [0, 0.05) is 6.42 Å². The number of carbonyl (C=O) groups is 1. The second kappa shape index (κ2) is 9.83. The summed E-state index contributed by atoms with van der Waals surface area (Å²) in [5.74, 6) is 0.429. The number of hydrogen-bond donors (Lipinski definition) is 2. The molecule has 24 heavy (non-hydrogen) atoms. The van der Waals surface area contributed by atoms with E-state index in [9.17, 15) is 9.90 Å². The fraction of sp³-hybridized carbons (Fsp3) is 0.667. The zero-order valence-corrected chi connectivity index (χ0v) is 15.9. The van der Waals surface area contributed by atoms with Gasteiger partial charge in [-0.25, -0.2) is 0 Å². The molecule has 1 rings (SSSR count). The van der Waals surface area contributed by atoms with Crippen LogP contribution in [0.1, 0.15) is 107 Å². The smallest absolute Gasteiger partial charge is 0.303 e. The van der Waals surface area contributed by atoms with E-state index in [1.807, 2.05) is 0 Å². The molecule has 0 radical (unpaired) electrons. The molecule has 0 bridgehead atoms. The molecular weight excluding hydrogens is 300 g/mol. The molecule has 0 aliphatic heterocycles. The van der Waals surface area contributed by atoms with Gasteiger partial charge in [-0.1, -0.05) is 46.8 Å². The number of hydrogen-bond acceptors (Lipinski definition) is 2. The summed E-state index contributed by atoms with van der Waals surface area (Å²) >= 11 is 0. The van der Waals surface area contributed by atoms with Gasteiger partial charge in [0.1, 0.15) is 0 Å². The third-order valence-electron chi connectivity index (χ3n) is 5.18. The van der Waals surface area contributed by atoms with Crippen LogP contribution in [0.3, 0.4) is 0 Å². The summed E-state index contributed by atoms with van der Waals surface area (Å²) in [5.41, 5.74) is 4.92. The van der Waals surface area contributed by atoms with Crippen LogP contribution in [-0.4, -0.2) is 16.2 Å². The van der Waals surface area contributed by atoms with Gasteiger partial charge in [-0.15, -0.1) is 0 Å². The molecular formula is C21H34O3. The maximum absolute atomic E-state index is 10.8. The molecule has 3 nitrogen and oxygen atoms in total. The van der Waals surface area contributed by atoms with Gasteiger partial charge in [-0.2, -0.15) is 0 Å². The first kappa shape index (κ1) is 20.7. The number of rotatable bonds is 10. The van der Waals surface area contributed by atoms with Crippen molar-refractivity contribution >= 4 is 5.97 Å². The maximum atomic E-state index is 10.8. The maximum Gasteiger partial charge on any atom is 0.303 e. The molecule has 136 valence electrons. The third kappa shape index (κ3) is 5.07. The summed E-state index contributed by atoms with van der Waals surface area (Å²) in [4.78, 5) is 10.8. The van der Waals surface area contributed by atoms with Crippen LogP contribution in [0.4, 0.5) is 0 Å². The number of aliphatic carboxylic acids is 1. The van der Waals surface area contributed by atoms with E-state index in [2.05, 4.69) is 46.8 Å². The largest absolute Gasteiger partial charge is 0.481 e. The van der Waals surface area contributed by atoms with Crippen molar-refractivity contribution in [2.45, 2.75) is 91.1 Å². The van der Waals surface area contributed by atoms with E-state index in [0.29, 0.717) is 24.2 Å². The number of benzene rings is 1. The highest BCUT2D eigenvalue weighted by atomic mass is 16.4. The van der Waals surface area contributed by atoms with Crippen LogP contribution in [-0.2, 0) is 11.4 Å². The zero-order valence-electron chi connectivity index (χ0n) is 15.9. The molecule has 0 saturated heterocycles. The molecule has 0 saturated carbocycles. The van der Waals surface area contributed by atoms with Crippen molar-refractivity contribution in [2.75, 3.05) is 0 Å². The molecule has 0 fully saturated rings. The fourth-order valence-corrected chi connectivity index (χ4v) is 3.67. The van der Waals surface area contributed by atoms with Crippen LogP contribution in [0, 0.1) is 0 Å². The molecule has 3 heteroatoms. The molecule has 1 aromatic carbocycles. The lowest BCUT2D eigenvalue weighted by molar-refractivity contribution is -0.137. The van der Waals surface area contributed by atoms with Crippen LogP contribution in [0.25, 0.3) is 0 Å². The molecule has 0 heterocycles. The minimum Gasteiger partial charge on any atom is -0.481 e. The second-order valence-corrected chi connectivity index (χ2v) is 7.15. The monoisotopic (exact) mass is 334 g/mol. The summed E-state index contributed by atoms with van der Waals surface area (Å²) in [7, 11) is 0. The van der Waals surface area contributed by atoms with Crippen molar-refractivity contribution in [3.05, 3.63) is 34.4 Å². The fourth-order valence-electron chi connectivity index (χ4n) is 3.67. The molecule has 1 aromatic rings. The van der Waals surface area contributed by atoms with Gasteiger partial charge in [-0.05, 0) is 65.7 Å². The predicted octanol–water partition coefficient (Wildman–Crippen LogP) is 5.56. The Bertz CT molecular complexity index is 534. The van der Waals surface area contributed by atoms with Crippen LogP contribution in [0.5, 0.6) is 0 Å². The third-order valence-corrected chi connectivity index (χ3v) is 5.18. The van der Waals surface area contributed by atoms with Crippen molar-refractivity contribution in [1.82, 2.24) is 0 Å². The lowest BCUT2D eigenvalue weighted by Gasteiger charge is -2.26. The molecule has 0 aliphatic rings. The first-order chi connectivity index (χ1) is 11.4. The van der Waals surface area contributed by atoms with Gasteiger partial charge in [0.05, 0.1) is 6.61 Å². The number of aliphatic hydroxyl groups is 1. The Hall–Kier alpha value is -1.35. The minimum absolute atomic E-state index is 0.0581. The zero-order chi connectivity index (χ0) is 18.3. The number of carboxylic acids is 1. The highest BCUT2D eigenvalue weighted by Gasteiger charge is 2.22. The Balaban J connectivity index is 3.26. The Morgan fingerprint density at radius 2 is 1.71 bits per heavy atom. The van der Waals surface area contributed by atoms with Crippen molar-refractivity contribution in [1.29, 1.82) is 0 Å². The molecule has 0 spiro atoms. The van der Waals surface area contributed by atoms with Crippen molar-refractivity contribution in [3.63, 3.8) is 0 Å². The summed E-state index contributed by atoms with van der Waals surface area (Å²) in [6.45, 7) is 11.0. The van der Waals surface area contributed by atoms with Gasteiger partial charge < -0.3 is 10.2 Å². The average Bonchev–Trinajstić information content (AvgIpc) is 2.56. The molecule has 0 amide bonds. The van der Waals surface area contributed by atoms with Gasteiger partial charge in [0.25, 0.3) is 0 Å². The van der Waals surface area contributed by atoms with E-state index >= 15 is 0 Å². The van der Waals surface area contributed by atoms with Gasteiger partial charge in [0.2, 0.25) is 0 Å².